The number of carbonyl (C=O) groups excluding carboxylic acids is 1. The van der Waals surface area contributed by atoms with E-state index in [9.17, 15) is 4.79 Å². The molecule has 0 aliphatic carbocycles. The highest BCUT2D eigenvalue weighted by molar-refractivity contribution is 5.93. The Balaban J connectivity index is 2.31. The molecule has 0 atom stereocenters. The van der Waals surface area contributed by atoms with E-state index in [1.165, 1.54) is 0 Å². The molecule has 0 spiro atoms. The number of aryl methyl sites for hydroxylation is 1. The minimum Gasteiger partial charge on any atom is -0.310 e. The van der Waals surface area contributed by atoms with Gasteiger partial charge in [-0.1, -0.05) is 13.8 Å². The third-order valence-electron chi connectivity index (χ3n) is 3.27. The monoisotopic (exact) mass is 286 g/mol. The van der Waals surface area contributed by atoms with Gasteiger partial charge in [-0.25, -0.2) is 4.68 Å². The zero-order valence-electron chi connectivity index (χ0n) is 13.1. The highest BCUT2D eigenvalue weighted by Gasteiger charge is 2.19. The van der Waals surface area contributed by atoms with Crippen LogP contribution in [0.3, 0.4) is 0 Å². The van der Waals surface area contributed by atoms with Gasteiger partial charge in [0, 0.05) is 19.2 Å². The van der Waals surface area contributed by atoms with Gasteiger partial charge in [-0.15, -0.1) is 0 Å². The van der Waals surface area contributed by atoms with Crippen LogP contribution in [0.25, 0.3) is 5.69 Å². The molecule has 5 heteroatoms. The van der Waals surface area contributed by atoms with Crippen LogP contribution in [0.5, 0.6) is 0 Å². The van der Waals surface area contributed by atoms with Crippen molar-refractivity contribution >= 4 is 11.6 Å². The minimum absolute atomic E-state index is 0.140. The Morgan fingerprint density at radius 2 is 2.19 bits per heavy atom. The lowest BCUT2D eigenvalue weighted by atomic mass is 10.1. The van der Waals surface area contributed by atoms with E-state index in [0.29, 0.717) is 18.9 Å². The van der Waals surface area contributed by atoms with E-state index in [1.807, 2.05) is 32.2 Å². The molecule has 0 bridgehead atoms. The van der Waals surface area contributed by atoms with Crippen LogP contribution in [0, 0.1) is 12.8 Å². The minimum atomic E-state index is 0.140. The SMILES string of the molecule is CCN(C(=O)CC(C)C)c1cn(-c2cccnc2)nc1C. The number of rotatable bonds is 5. The topological polar surface area (TPSA) is 51.0 Å². The van der Waals surface area contributed by atoms with Gasteiger partial charge in [-0.05, 0) is 31.9 Å². The van der Waals surface area contributed by atoms with Gasteiger partial charge < -0.3 is 4.90 Å². The summed E-state index contributed by atoms with van der Waals surface area (Å²) in [5.74, 6) is 0.488. The Morgan fingerprint density at radius 3 is 2.76 bits per heavy atom. The number of anilines is 1. The van der Waals surface area contributed by atoms with Crippen LogP contribution >= 0.6 is 0 Å². The molecule has 0 N–H and O–H groups in total. The molecule has 0 aliphatic rings. The van der Waals surface area contributed by atoms with Crippen molar-refractivity contribution in [3.05, 3.63) is 36.4 Å². The molecule has 0 fully saturated rings. The third-order valence-corrected chi connectivity index (χ3v) is 3.27. The van der Waals surface area contributed by atoms with Crippen molar-refractivity contribution in [2.75, 3.05) is 11.4 Å². The number of carbonyl (C=O) groups is 1. The number of nitrogens with zero attached hydrogens (tertiary/aromatic N) is 4. The van der Waals surface area contributed by atoms with Gasteiger partial charge in [0.15, 0.2) is 0 Å². The molecule has 2 aromatic rings. The quantitative estimate of drug-likeness (QED) is 0.849. The summed E-state index contributed by atoms with van der Waals surface area (Å²) < 4.78 is 1.77. The highest BCUT2D eigenvalue weighted by atomic mass is 16.2. The Labute approximate surface area is 125 Å². The van der Waals surface area contributed by atoms with Crippen molar-refractivity contribution < 1.29 is 4.79 Å². The van der Waals surface area contributed by atoms with E-state index in [4.69, 9.17) is 0 Å². The maximum absolute atomic E-state index is 12.4. The van der Waals surface area contributed by atoms with Gasteiger partial charge in [0.25, 0.3) is 0 Å². The molecule has 2 rings (SSSR count). The average molecular weight is 286 g/mol. The van der Waals surface area contributed by atoms with Crippen LogP contribution in [0.1, 0.15) is 32.9 Å². The smallest absolute Gasteiger partial charge is 0.227 e. The fourth-order valence-electron chi connectivity index (χ4n) is 2.28. The van der Waals surface area contributed by atoms with Gasteiger partial charge in [0.05, 0.1) is 29.5 Å². The van der Waals surface area contributed by atoms with Crippen molar-refractivity contribution in [3.63, 3.8) is 0 Å². The molecule has 5 nitrogen and oxygen atoms in total. The van der Waals surface area contributed by atoms with Gasteiger partial charge >= 0.3 is 0 Å². The molecule has 0 saturated carbocycles. The first kappa shape index (κ1) is 15.2. The largest absolute Gasteiger partial charge is 0.310 e. The van der Waals surface area contributed by atoms with Crippen molar-refractivity contribution in [1.29, 1.82) is 0 Å². The Kier molecular flexibility index (Phi) is 4.73. The number of aromatic nitrogens is 3. The number of amides is 1. The first-order valence-corrected chi connectivity index (χ1v) is 7.30. The first-order valence-electron chi connectivity index (χ1n) is 7.30. The van der Waals surface area contributed by atoms with Crippen LogP contribution in [-0.4, -0.2) is 27.2 Å². The normalized spacial score (nSPS) is 10.9. The highest BCUT2D eigenvalue weighted by Crippen LogP contribution is 2.22. The van der Waals surface area contributed by atoms with Crippen LogP contribution < -0.4 is 4.90 Å². The van der Waals surface area contributed by atoms with Gasteiger partial charge in [0.2, 0.25) is 5.91 Å². The van der Waals surface area contributed by atoms with E-state index in [2.05, 4.69) is 23.9 Å². The summed E-state index contributed by atoms with van der Waals surface area (Å²) in [5.41, 5.74) is 2.60. The van der Waals surface area contributed by atoms with Crippen molar-refractivity contribution in [2.24, 2.45) is 5.92 Å². The summed E-state index contributed by atoms with van der Waals surface area (Å²) in [6, 6.07) is 3.81. The van der Waals surface area contributed by atoms with Crippen LogP contribution in [0.15, 0.2) is 30.7 Å². The second kappa shape index (κ2) is 6.52. The first-order chi connectivity index (χ1) is 10.0. The molecule has 112 valence electrons. The van der Waals surface area contributed by atoms with Crippen LogP contribution in [0.2, 0.25) is 0 Å². The Hall–Kier alpha value is -2.17. The molecular weight excluding hydrogens is 264 g/mol. The van der Waals surface area contributed by atoms with Gasteiger partial charge in [0.1, 0.15) is 0 Å². The fourth-order valence-corrected chi connectivity index (χ4v) is 2.28. The van der Waals surface area contributed by atoms with Crippen LogP contribution in [0.4, 0.5) is 5.69 Å². The molecule has 0 unspecified atom stereocenters. The Morgan fingerprint density at radius 1 is 1.43 bits per heavy atom. The summed E-state index contributed by atoms with van der Waals surface area (Å²) in [4.78, 5) is 18.3. The van der Waals surface area contributed by atoms with E-state index in [-0.39, 0.29) is 5.91 Å². The maximum atomic E-state index is 12.4. The Bertz CT molecular complexity index is 604. The van der Waals surface area contributed by atoms with Crippen molar-refractivity contribution in [2.45, 2.75) is 34.1 Å². The number of hydrogen-bond donors (Lipinski definition) is 0. The summed E-state index contributed by atoms with van der Waals surface area (Å²) >= 11 is 0. The molecule has 1 amide bonds. The maximum Gasteiger partial charge on any atom is 0.227 e. The molecular formula is C16H22N4O. The zero-order valence-corrected chi connectivity index (χ0v) is 13.1. The predicted molar refractivity (Wildman–Crippen MR) is 83.6 cm³/mol. The summed E-state index contributed by atoms with van der Waals surface area (Å²) in [6.07, 6.45) is 5.92. The fraction of sp³-hybridized carbons (Fsp3) is 0.438. The van der Waals surface area contributed by atoms with E-state index < -0.39 is 0 Å². The van der Waals surface area contributed by atoms with Gasteiger partial charge in [-0.3, -0.25) is 9.78 Å². The average Bonchev–Trinajstić information content (AvgIpc) is 2.82. The lowest BCUT2D eigenvalue weighted by molar-refractivity contribution is -0.119. The van der Waals surface area contributed by atoms with Crippen LogP contribution in [-0.2, 0) is 4.79 Å². The lowest BCUT2D eigenvalue weighted by Crippen LogP contribution is -2.31. The van der Waals surface area contributed by atoms with Crippen molar-refractivity contribution in [1.82, 2.24) is 14.8 Å². The van der Waals surface area contributed by atoms with E-state index >= 15 is 0 Å². The molecule has 0 saturated heterocycles. The predicted octanol–water partition coefficient (Wildman–Crippen LogP) is 2.97. The summed E-state index contributed by atoms with van der Waals surface area (Å²) in [5, 5.41) is 4.49. The number of pyridine rings is 1. The zero-order chi connectivity index (χ0) is 15.4. The molecule has 0 aliphatic heterocycles. The molecule has 21 heavy (non-hydrogen) atoms. The van der Waals surface area contributed by atoms with E-state index in [0.717, 1.165) is 17.1 Å². The third kappa shape index (κ3) is 3.48. The van der Waals surface area contributed by atoms with Gasteiger partial charge in [-0.2, -0.15) is 5.10 Å². The summed E-state index contributed by atoms with van der Waals surface area (Å²) in [6.45, 7) is 8.66. The molecule has 2 aromatic heterocycles. The second-order valence-corrected chi connectivity index (χ2v) is 5.49. The lowest BCUT2D eigenvalue weighted by Gasteiger charge is -2.21. The molecule has 0 aromatic carbocycles. The number of hydrogen-bond acceptors (Lipinski definition) is 3. The second-order valence-electron chi connectivity index (χ2n) is 5.49. The van der Waals surface area contributed by atoms with E-state index in [1.54, 1.807) is 22.0 Å². The standard InChI is InChI=1S/C16H22N4O/c1-5-19(16(21)9-12(2)3)15-11-20(18-13(15)4)14-7-6-8-17-10-14/h6-8,10-12H,5,9H2,1-4H3. The summed E-state index contributed by atoms with van der Waals surface area (Å²) in [7, 11) is 0. The van der Waals surface area contributed by atoms with Crippen molar-refractivity contribution in [3.8, 4) is 5.69 Å². The molecule has 2 heterocycles. The molecule has 0 radical (unpaired) electrons.